The van der Waals surface area contributed by atoms with Crippen molar-refractivity contribution in [2.24, 2.45) is 0 Å². The minimum Gasteiger partial charge on any atom is -0.491 e. The molecule has 0 spiro atoms. The Kier molecular flexibility index (Phi) is 9.85. The van der Waals surface area contributed by atoms with Gasteiger partial charge in [-0.05, 0) is 47.9 Å². The lowest BCUT2D eigenvalue weighted by molar-refractivity contribution is -0.140. The highest BCUT2D eigenvalue weighted by atomic mass is 16.5. The lowest BCUT2D eigenvalue weighted by Gasteiger charge is -2.26. The van der Waals surface area contributed by atoms with Crippen LogP contribution in [0.25, 0.3) is 21.9 Å². The van der Waals surface area contributed by atoms with Crippen LogP contribution in [0.5, 0.6) is 5.75 Å². The van der Waals surface area contributed by atoms with Crippen LogP contribution in [0.3, 0.4) is 0 Å². The van der Waals surface area contributed by atoms with Gasteiger partial charge in [0, 0.05) is 24.8 Å². The van der Waals surface area contributed by atoms with E-state index < -0.39 is 18.1 Å². The third-order valence-corrected chi connectivity index (χ3v) is 8.33. The fourth-order valence-electron chi connectivity index (χ4n) is 5.88. The number of hydrogen-bond acceptors (Lipinski definition) is 10. The summed E-state index contributed by atoms with van der Waals surface area (Å²) < 4.78 is 16.5. The molecular weight excluding hydrogens is 600 g/mol. The molecule has 6 rings (SSSR count). The van der Waals surface area contributed by atoms with Crippen molar-refractivity contribution < 1.29 is 28.6 Å². The molecule has 0 aliphatic carbocycles. The van der Waals surface area contributed by atoms with Crippen molar-refractivity contribution in [1.82, 2.24) is 25.3 Å². The summed E-state index contributed by atoms with van der Waals surface area (Å²) in [6.45, 7) is 1.36. The van der Waals surface area contributed by atoms with Crippen molar-refractivity contribution in [2.75, 3.05) is 25.2 Å². The van der Waals surface area contributed by atoms with Crippen LogP contribution in [-0.4, -0.2) is 70.1 Å². The number of ketones is 1. The third kappa shape index (κ3) is 7.66. The van der Waals surface area contributed by atoms with Crippen molar-refractivity contribution in [3.63, 3.8) is 0 Å². The maximum atomic E-state index is 13.5. The second kappa shape index (κ2) is 14.7. The quantitative estimate of drug-likeness (QED) is 0.171. The molecule has 47 heavy (non-hydrogen) atoms. The minimum atomic E-state index is -0.934. The van der Waals surface area contributed by atoms with Gasteiger partial charge in [0.1, 0.15) is 30.8 Å². The first-order chi connectivity index (χ1) is 23.0. The minimum absolute atomic E-state index is 0.0271. The standard InChI is InChI=1S/C35H36N6O6/c1-45-31(43)15-14-28(40-35(44)47-19-23-7-3-2-4-8-23)29(42)18-24-12-13-25-9-5-11-30(27(25)17-24)46-20-26-10-6-16-41(26)34-32-33(37-21-36-32)38-22-39-34/h2-5,7-9,11-13,17,21-22,26,28H,6,10,14-16,18-20H2,1H3,(H,40,44)(H,36,37,38,39)/t26-,28+/m1/s1. The normalized spacial score (nSPS) is 15.0. The number of imidazole rings is 1. The molecule has 1 aliphatic rings. The number of amides is 1. The number of esters is 1. The fourth-order valence-corrected chi connectivity index (χ4v) is 5.88. The Bertz CT molecular complexity index is 1860. The maximum absolute atomic E-state index is 13.5. The van der Waals surface area contributed by atoms with E-state index in [0.717, 1.165) is 52.6 Å². The average molecular weight is 637 g/mol. The second-order valence-electron chi connectivity index (χ2n) is 11.4. The molecule has 3 heterocycles. The SMILES string of the molecule is COC(=O)CC[C@H](NC(=O)OCc1ccccc1)C(=O)Cc1ccc2cccc(OC[C@H]3CCCN3c3ncnc4nc[nH]c34)c2c1. The van der Waals surface area contributed by atoms with Crippen molar-refractivity contribution in [3.05, 3.63) is 90.5 Å². The fraction of sp³-hybridized carbons (Fsp3) is 0.314. The highest BCUT2D eigenvalue weighted by Gasteiger charge is 2.29. The van der Waals surface area contributed by atoms with E-state index in [0.29, 0.717) is 18.0 Å². The number of aromatic nitrogens is 4. The molecule has 0 unspecified atom stereocenters. The maximum Gasteiger partial charge on any atom is 0.408 e. The first kappa shape index (κ1) is 31.5. The van der Waals surface area contributed by atoms with Gasteiger partial charge in [-0.15, -0.1) is 0 Å². The Morgan fingerprint density at radius 3 is 2.74 bits per heavy atom. The molecule has 1 amide bonds. The van der Waals surface area contributed by atoms with Gasteiger partial charge in [0.15, 0.2) is 17.2 Å². The summed E-state index contributed by atoms with van der Waals surface area (Å²) in [7, 11) is 1.29. The van der Waals surface area contributed by atoms with Gasteiger partial charge in [0.25, 0.3) is 0 Å². The van der Waals surface area contributed by atoms with Crippen LogP contribution in [0.15, 0.2) is 79.4 Å². The molecule has 1 aliphatic heterocycles. The predicted octanol–water partition coefficient (Wildman–Crippen LogP) is 4.91. The van der Waals surface area contributed by atoms with Crippen molar-refractivity contribution in [2.45, 2.75) is 50.8 Å². The van der Waals surface area contributed by atoms with Gasteiger partial charge in [-0.2, -0.15) is 0 Å². The lowest BCUT2D eigenvalue weighted by atomic mass is 9.98. The summed E-state index contributed by atoms with van der Waals surface area (Å²) in [6.07, 6.45) is 4.49. The van der Waals surface area contributed by atoms with Crippen LogP contribution in [0.2, 0.25) is 0 Å². The van der Waals surface area contributed by atoms with Gasteiger partial charge >= 0.3 is 12.1 Å². The number of carbonyl (C=O) groups excluding carboxylic acids is 3. The molecule has 242 valence electrons. The van der Waals surface area contributed by atoms with E-state index in [4.69, 9.17) is 14.2 Å². The number of alkyl carbamates (subject to hydrolysis) is 1. The Labute approximate surface area is 271 Å². The van der Waals surface area contributed by atoms with Gasteiger partial charge < -0.3 is 29.4 Å². The molecule has 12 heteroatoms. The zero-order valence-corrected chi connectivity index (χ0v) is 26.1. The lowest BCUT2D eigenvalue weighted by Crippen LogP contribution is -2.42. The van der Waals surface area contributed by atoms with E-state index in [1.807, 2.05) is 66.7 Å². The molecule has 0 radical (unpaired) electrons. The van der Waals surface area contributed by atoms with Crippen LogP contribution >= 0.6 is 0 Å². The molecular formula is C35H36N6O6. The Morgan fingerprint density at radius 1 is 1.02 bits per heavy atom. The van der Waals surface area contributed by atoms with E-state index in [1.165, 1.54) is 13.4 Å². The van der Waals surface area contributed by atoms with E-state index in [1.54, 1.807) is 6.33 Å². The van der Waals surface area contributed by atoms with Crippen molar-refractivity contribution >= 4 is 45.6 Å². The van der Waals surface area contributed by atoms with Gasteiger partial charge in [0.05, 0.1) is 25.5 Å². The molecule has 0 saturated carbocycles. The Morgan fingerprint density at radius 2 is 1.89 bits per heavy atom. The van der Waals surface area contributed by atoms with E-state index in [9.17, 15) is 14.4 Å². The van der Waals surface area contributed by atoms with Crippen LogP contribution in [0, 0.1) is 0 Å². The third-order valence-electron chi connectivity index (χ3n) is 8.33. The molecule has 5 aromatic rings. The monoisotopic (exact) mass is 636 g/mol. The highest BCUT2D eigenvalue weighted by molar-refractivity contribution is 5.93. The number of ether oxygens (including phenoxy) is 3. The number of hydrogen-bond donors (Lipinski definition) is 2. The van der Waals surface area contributed by atoms with Gasteiger partial charge in [-0.3, -0.25) is 9.59 Å². The van der Waals surface area contributed by atoms with Crippen LogP contribution < -0.4 is 15.0 Å². The van der Waals surface area contributed by atoms with Crippen LogP contribution in [0.1, 0.15) is 36.8 Å². The molecule has 2 aromatic heterocycles. The topological polar surface area (TPSA) is 149 Å². The van der Waals surface area contributed by atoms with Crippen molar-refractivity contribution in [3.8, 4) is 5.75 Å². The summed E-state index contributed by atoms with van der Waals surface area (Å²) in [6, 6.07) is 20.1. The second-order valence-corrected chi connectivity index (χ2v) is 11.4. The van der Waals surface area contributed by atoms with E-state index in [-0.39, 0.29) is 37.7 Å². The molecule has 3 aromatic carbocycles. The van der Waals surface area contributed by atoms with Crippen LogP contribution in [0.4, 0.5) is 10.6 Å². The summed E-state index contributed by atoms with van der Waals surface area (Å²) in [5.74, 6) is 0.809. The number of rotatable bonds is 13. The average Bonchev–Trinajstić information content (AvgIpc) is 3.78. The summed E-state index contributed by atoms with van der Waals surface area (Å²) in [4.78, 5) is 56.4. The number of nitrogens with zero attached hydrogens (tertiary/aromatic N) is 4. The van der Waals surface area contributed by atoms with Gasteiger partial charge in [-0.1, -0.05) is 54.6 Å². The van der Waals surface area contributed by atoms with E-state index >= 15 is 0 Å². The molecule has 1 fully saturated rings. The smallest absolute Gasteiger partial charge is 0.408 e. The number of methoxy groups -OCH3 is 1. The molecule has 2 atom stereocenters. The van der Waals surface area contributed by atoms with E-state index in [2.05, 4.69) is 30.2 Å². The Balaban J connectivity index is 1.14. The predicted molar refractivity (Wildman–Crippen MR) is 175 cm³/mol. The first-order valence-corrected chi connectivity index (χ1v) is 15.6. The summed E-state index contributed by atoms with van der Waals surface area (Å²) >= 11 is 0. The molecule has 0 bridgehead atoms. The van der Waals surface area contributed by atoms with Gasteiger partial charge in [-0.25, -0.2) is 19.7 Å². The summed E-state index contributed by atoms with van der Waals surface area (Å²) in [5, 5.41) is 4.50. The number of fused-ring (bicyclic) bond motifs is 2. The van der Waals surface area contributed by atoms with Crippen LogP contribution in [-0.2, 0) is 32.1 Å². The zero-order chi connectivity index (χ0) is 32.6. The molecule has 12 nitrogen and oxygen atoms in total. The number of carbonyl (C=O) groups is 3. The Hall–Kier alpha value is -5.52. The number of aromatic amines is 1. The largest absolute Gasteiger partial charge is 0.491 e. The zero-order valence-electron chi connectivity index (χ0n) is 26.1. The number of nitrogens with one attached hydrogen (secondary N) is 2. The first-order valence-electron chi connectivity index (χ1n) is 15.6. The highest BCUT2D eigenvalue weighted by Crippen LogP contribution is 2.31. The van der Waals surface area contributed by atoms with Crippen molar-refractivity contribution in [1.29, 1.82) is 0 Å². The number of benzene rings is 3. The summed E-state index contributed by atoms with van der Waals surface area (Å²) in [5.41, 5.74) is 3.01. The molecule has 2 N–H and O–H groups in total. The number of H-pyrrole nitrogens is 1. The number of anilines is 1. The molecule has 1 saturated heterocycles. The number of Topliss-reactive ketones (excluding diaryl/α,β-unsaturated/α-hetero) is 1. The van der Waals surface area contributed by atoms with Gasteiger partial charge in [0.2, 0.25) is 0 Å².